The third-order valence-corrected chi connectivity index (χ3v) is 8.28. The highest BCUT2D eigenvalue weighted by atomic mass is 32.1. The molecule has 3 heterocycles. The molecule has 0 saturated heterocycles. The standard InChI is InChI=1S/C32H21N2PS/c35-26-13-10-20(11-14-26)21-6-7-23-18-24(9-8-22(23)17-21)25-12-15-30(34-19-25)29-4-1-3-27-28-5-2-16-33-32(28)36-31(27)29/h1-19H,35H2. The first-order valence-electron chi connectivity index (χ1n) is 11.9. The fourth-order valence-electron chi connectivity index (χ4n) is 4.84. The smallest absolute Gasteiger partial charge is 0.124 e. The number of fused-ring (bicyclic) bond motifs is 4. The molecule has 2 nitrogen and oxygen atoms in total. The van der Waals surface area contributed by atoms with E-state index in [9.17, 15) is 0 Å². The molecule has 1 atom stereocenters. The van der Waals surface area contributed by atoms with E-state index < -0.39 is 0 Å². The fourth-order valence-corrected chi connectivity index (χ4v) is 6.20. The third-order valence-electron chi connectivity index (χ3n) is 6.73. The number of hydrogen-bond acceptors (Lipinski definition) is 3. The van der Waals surface area contributed by atoms with E-state index in [0.717, 1.165) is 21.7 Å². The summed E-state index contributed by atoms with van der Waals surface area (Å²) in [6.07, 6.45) is 3.84. The molecule has 0 aliphatic heterocycles. The first-order chi connectivity index (χ1) is 17.7. The molecule has 4 aromatic carbocycles. The molecule has 7 rings (SSSR count). The van der Waals surface area contributed by atoms with Crippen LogP contribution in [-0.4, -0.2) is 9.97 Å². The van der Waals surface area contributed by atoms with Crippen LogP contribution in [0, 0.1) is 0 Å². The molecule has 1 unspecified atom stereocenters. The average Bonchev–Trinajstić information content (AvgIpc) is 3.32. The van der Waals surface area contributed by atoms with Crippen LogP contribution in [0.2, 0.25) is 0 Å². The van der Waals surface area contributed by atoms with E-state index in [0.29, 0.717) is 0 Å². The van der Waals surface area contributed by atoms with E-state index >= 15 is 0 Å². The van der Waals surface area contributed by atoms with Crippen LogP contribution in [0.15, 0.2) is 116 Å². The lowest BCUT2D eigenvalue weighted by Gasteiger charge is -2.08. The second-order valence-corrected chi connectivity index (χ2v) is 10.6. The molecule has 0 N–H and O–H groups in total. The molecular formula is C32H21N2PS. The number of pyridine rings is 2. The highest BCUT2D eigenvalue weighted by molar-refractivity contribution is 7.27. The summed E-state index contributed by atoms with van der Waals surface area (Å²) >= 11 is 1.73. The van der Waals surface area contributed by atoms with Gasteiger partial charge in [0, 0.05) is 39.0 Å². The largest absolute Gasteiger partial charge is 0.256 e. The van der Waals surface area contributed by atoms with E-state index in [-0.39, 0.29) is 0 Å². The lowest BCUT2D eigenvalue weighted by molar-refractivity contribution is 1.33. The van der Waals surface area contributed by atoms with Gasteiger partial charge in [-0.15, -0.1) is 20.6 Å². The van der Waals surface area contributed by atoms with E-state index in [1.807, 2.05) is 18.5 Å². The average molecular weight is 497 g/mol. The van der Waals surface area contributed by atoms with Crippen LogP contribution in [0.4, 0.5) is 0 Å². The van der Waals surface area contributed by atoms with Gasteiger partial charge >= 0.3 is 0 Å². The van der Waals surface area contributed by atoms with Crippen LogP contribution < -0.4 is 5.30 Å². The summed E-state index contributed by atoms with van der Waals surface area (Å²) < 4.78 is 1.24. The van der Waals surface area contributed by atoms with Crippen molar-refractivity contribution in [2.45, 2.75) is 0 Å². The van der Waals surface area contributed by atoms with Crippen molar-refractivity contribution < 1.29 is 0 Å². The molecule has 0 amide bonds. The first kappa shape index (κ1) is 21.4. The zero-order chi connectivity index (χ0) is 24.1. The van der Waals surface area contributed by atoms with E-state index in [1.165, 1.54) is 48.2 Å². The number of thiophene rings is 1. The lowest BCUT2D eigenvalue weighted by atomic mass is 9.98. The van der Waals surface area contributed by atoms with Crippen molar-refractivity contribution in [2.75, 3.05) is 0 Å². The van der Waals surface area contributed by atoms with Crippen molar-refractivity contribution in [3.05, 3.63) is 116 Å². The quantitative estimate of drug-likeness (QED) is 0.229. The van der Waals surface area contributed by atoms with Crippen LogP contribution in [0.25, 0.3) is 64.6 Å². The Balaban J connectivity index is 1.23. The van der Waals surface area contributed by atoms with Crippen LogP contribution in [0.1, 0.15) is 0 Å². The summed E-state index contributed by atoms with van der Waals surface area (Å²) in [6, 6.07) is 36.8. The Bertz CT molecular complexity index is 1890. The molecule has 0 radical (unpaired) electrons. The second kappa shape index (κ2) is 8.64. The van der Waals surface area contributed by atoms with Gasteiger partial charge in [-0.3, -0.25) is 4.98 Å². The monoisotopic (exact) mass is 496 g/mol. The molecule has 0 saturated carbocycles. The number of nitrogens with zero attached hydrogens (tertiary/aromatic N) is 2. The van der Waals surface area contributed by atoms with Crippen molar-refractivity contribution >= 4 is 57.0 Å². The van der Waals surface area contributed by atoms with Gasteiger partial charge in [0.1, 0.15) is 4.83 Å². The molecule has 0 bridgehead atoms. The highest BCUT2D eigenvalue weighted by Crippen LogP contribution is 2.38. The molecule has 0 fully saturated rings. The van der Waals surface area contributed by atoms with E-state index in [1.54, 1.807) is 11.3 Å². The number of benzene rings is 4. The zero-order valence-electron chi connectivity index (χ0n) is 19.3. The number of rotatable bonds is 3. The molecule has 170 valence electrons. The summed E-state index contributed by atoms with van der Waals surface area (Å²) in [7, 11) is 2.74. The van der Waals surface area contributed by atoms with Gasteiger partial charge in [-0.25, -0.2) is 4.98 Å². The van der Waals surface area contributed by atoms with Crippen molar-refractivity contribution in [1.82, 2.24) is 9.97 Å². The van der Waals surface area contributed by atoms with Crippen molar-refractivity contribution in [3.8, 4) is 33.5 Å². The minimum atomic E-state index is 0.984. The molecule has 0 spiro atoms. The Morgan fingerprint density at radius 1 is 0.583 bits per heavy atom. The van der Waals surface area contributed by atoms with Gasteiger partial charge in [0.25, 0.3) is 0 Å². The van der Waals surface area contributed by atoms with Crippen molar-refractivity contribution in [3.63, 3.8) is 0 Å². The Hall–Kier alpha value is -3.91. The topological polar surface area (TPSA) is 25.8 Å². The van der Waals surface area contributed by atoms with Gasteiger partial charge in [-0.1, -0.05) is 72.8 Å². The summed E-state index contributed by atoms with van der Waals surface area (Å²) in [5.41, 5.74) is 6.89. The van der Waals surface area contributed by atoms with E-state index in [2.05, 4.69) is 111 Å². The van der Waals surface area contributed by atoms with E-state index in [4.69, 9.17) is 4.98 Å². The molecule has 7 aromatic rings. The van der Waals surface area contributed by atoms with Gasteiger partial charge in [0.15, 0.2) is 0 Å². The maximum atomic E-state index is 4.87. The molecule has 0 aliphatic rings. The highest BCUT2D eigenvalue weighted by Gasteiger charge is 2.12. The predicted molar refractivity (Wildman–Crippen MR) is 158 cm³/mol. The summed E-state index contributed by atoms with van der Waals surface area (Å²) in [5, 5.41) is 6.11. The number of hydrogen-bond donors (Lipinski definition) is 0. The second-order valence-electron chi connectivity index (χ2n) is 8.97. The SMILES string of the molecule is Pc1ccc(-c2ccc3cc(-c4ccc(-c5cccc6c5sc5ncccc56)nc4)ccc3c2)cc1. The summed E-state index contributed by atoms with van der Waals surface area (Å²) in [5.74, 6) is 0. The Morgan fingerprint density at radius 3 is 2.03 bits per heavy atom. The van der Waals surface area contributed by atoms with Crippen molar-refractivity contribution in [2.24, 2.45) is 0 Å². The van der Waals surface area contributed by atoms with Crippen LogP contribution >= 0.6 is 20.6 Å². The van der Waals surface area contributed by atoms with Gasteiger partial charge in [-0.05, 0) is 63.1 Å². The summed E-state index contributed by atoms with van der Waals surface area (Å²) in [6.45, 7) is 0. The van der Waals surface area contributed by atoms with Gasteiger partial charge < -0.3 is 0 Å². The fraction of sp³-hybridized carbons (Fsp3) is 0. The minimum absolute atomic E-state index is 0.984. The maximum absolute atomic E-state index is 4.87. The third kappa shape index (κ3) is 3.69. The zero-order valence-corrected chi connectivity index (χ0v) is 21.3. The summed E-state index contributed by atoms with van der Waals surface area (Å²) in [4.78, 5) is 10.5. The predicted octanol–water partition coefficient (Wildman–Crippen LogP) is 8.50. The minimum Gasteiger partial charge on any atom is -0.256 e. The molecule has 3 aromatic heterocycles. The van der Waals surface area contributed by atoms with Gasteiger partial charge in [0.05, 0.1) is 5.69 Å². The Morgan fingerprint density at radius 2 is 1.28 bits per heavy atom. The van der Waals surface area contributed by atoms with Crippen LogP contribution in [0.5, 0.6) is 0 Å². The van der Waals surface area contributed by atoms with Gasteiger partial charge in [-0.2, -0.15) is 0 Å². The molecule has 36 heavy (non-hydrogen) atoms. The molecule has 0 aliphatic carbocycles. The Labute approximate surface area is 215 Å². The van der Waals surface area contributed by atoms with Gasteiger partial charge in [0.2, 0.25) is 0 Å². The molecular weight excluding hydrogens is 475 g/mol. The van der Waals surface area contributed by atoms with Crippen molar-refractivity contribution in [1.29, 1.82) is 0 Å². The normalized spacial score (nSPS) is 11.5. The van der Waals surface area contributed by atoms with Crippen LogP contribution in [0.3, 0.4) is 0 Å². The van der Waals surface area contributed by atoms with Crippen LogP contribution in [-0.2, 0) is 0 Å². The molecule has 4 heteroatoms. The lowest BCUT2D eigenvalue weighted by Crippen LogP contribution is -1.88. The number of aromatic nitrogens is 2. The maximum Gasteiger partial charge on any atom is 0.124 e. The first-order valence-corrected chi connectivity index (χ1v) is 13.3. The Kier molecular flexibility index (Phi) is 5.13.